The molecule has 0 aromatic carbocycles. The minimum absolute atomic E-state index is 0.237. The minimum atomic E-state index is -5.76. The zero-order chi connectivity index (χ0) is 14.9. The number of alkyl halides is 6. The van der Waals surface area contributed by atoms with E-state index in [0.29, 0.717) is 0 Å². The lowest BCUT2D eigenvalue weighted by molar-refractivity contribution is -0.145. The molecule has 0 aromatic rings. The van der Waals surface area contributed by atoms with Gasteiger partial charge in [-0.05, 0) is 6.08 Å². The van der Waals surface area contributed by atoms with Gasteiger partial charge < -0.3 is 4.18 Å². The lowest BCUT2D eigenvalue weighted by atomic mass is 10.2. The summed E-state index contributed by atoms with van der Waals surface area (Å²) in [7, 11) is -5.76. The zero-order valence-corrected chi connectivity index (χ0v) is 10.1. The fourth-order valence-corrected chi connectivity index (χ4v) is 1.88. The molecular weight excluding hydrogens is 304 g/mol. The van der Waals surface area contributed by atoms with Crippen molar-refractivity contribution in [1.29, 1.82) is 0 Å². The Kier molecular flexibility index (Phi) is 4.40. The summed E-state index contributed by atoms with van der Waals surface area (Å²) in [6.45, 7) is -1.79. The summed E-state index contributed by atoms with van der Waals surface area (Å²) >= 11 is 0. The van der Waals surface area contributed by atoms with Gasteiger partial charge in [-0.1, -0.05) is 0 Å². The van der Waals surface area contributed by atoms with E-state index in [4.69, 9.17) is 0 Å². The molecule has 0 radical (unpaired) electrons. The van der Waals surface area contributed by atoms with Crippen LogP contribution in [0, 0.1) is 0 Å². The van der Waals surface area contributed by atoms with Crippen molar-refractivity contribution in [1.82, 2.24) is 4.90 Å². The van der Waals surface area contributed by atoms with Crippen LogP contribution in [0.2, 0.25) is 0 Å². The Morgan fingerprint density at radius 3 is 2.16 bits per heavy atom. The van der Waals surface area contributed by atoms with Gasteiger partial charge in [0.2, 0.25) is 0 Å². The number of hydrogen-bond donors (Lipinski definition) is 0. The van der Waals surface area contributed by atoms with Gasteiger partial charge in [-0.2, -0.15) is 34.8 Å². The number of rotatable bonds is 3. The highest BCUT2D eigenvalue weighted by Crippen LogP contribution is 2.28. The first-order valence-corrected chi connectivity index (χ1v) is 6.30. The quantitative estimate of drug-likeness (QED) is 0.454. The largest absolute Gasteiger partial charge is 0.534 e. The first kappa shape index (κ1) is 16.1. The topological polar surface area (TPSA) is 46.6 Å². The molecule has 0 amide bonds. The Morgan fingerprint density at radius 1 is 1.21 bits per heavy atom. The van der Waals surface area contributed by atoms with Gasteiger partial charge in [0, 0.05) is 19.5 Å². The van der Waals surface area contributed by atoms with Crippen LogP contribution in [0.25, 0.3) is 0 Å². The maximum absolute atomic E-state index is 12.0. The monoisotopic (exact) mass is 313 g/mol. The van der Waals surface area contributed by atoms with Crippen molar-refractivity contribution in [3.05, 3.63) is 11.8 Å². The number of nitrogens with zero attached hydrogens (tertiary/aromatic N) is 1. The molecule has 0 bridgehead atoms. The molecule has 0 saturated heterocycles. The SMILES string of the molecule is O=S(=O)(OC1=CCN(CC(F)(F)F)CC1)C(F)(F)F. The standard InChI is InChI=1S/C8H9F6NO3S/c9-7(10,11)5-15-3-1-6(2-4-15)18-19(16,17)8(12,13)14/h1H,2-5H2. The van der Waals surface area contributed by atoms with Crippen molar-refractivity contribution < 1.29 is 38.9 Å². The molecule has 0 fully saturated rings. The smallest absolute Gasteiger partial charge is 0.381 e. The van der Waals surface area contributed by atoms with Gasteiger partial charge in [0.1, 0.15) is 5.76 Å². The average Bonchev–Trinajstić information content (AvgIpc) is 2.16. The van der Waals surface area contributed by atoms with Crippen molar-refractivity contribution in [3.8, 4) is 0 Å². The highest BCUT2D eigenvalue weighted by atomic mass is 32.2. The van der Waals surface area contributed by atoms with Crippen LogP contribution in [0.15, 0.2) is 11.8 Å². The first-order chi connectivity index (χ1) is 8.41. The Morgan fingerprint density at radius 2 is 1.79 bits per heavy atom. The molecule has 1 heterocycles. The van der Waals surface area contributed by atoms with Gasteiger partial charge in [0.15, 0.2) is 0 Å². The van der Waals surface area contributed by atoms with Crippen LogP contribution in [0.5, 0.6) is 0 Å². The Labute approximate surface area is 104 Å². The highest BCUT2D eigenvalue weighted by molar-refractivity contribution is 7.87. The third-order valence-electron chi connectivity index (χ3n) is 2.15. The molecule has 0 saturated carbocycles. The maximum atomic E-state index is 12.0. The predicted octanol–water partition coefficient (Wildman–Crippen LogP) is 2.00. The van der Waals surface area contributed by atoms with Crippen LogP contribution in [0.3, 0.4) is 0 Å². The van der Waals surface area contributed by atoms with Crippen molar-refractivity contribution in [2.75, 3.05) is 19.6 Å². The Hall–Kier alpha value is -0.970. The van der Waals surface area contributed by atoms with Crippen LogP contribution in [0.4, 0.5) is 26.3 Å². The third-order valence-corrected chi connectivity index (χ3v) is 3.16. The molecule has 4 nitrogen and oxygen atoms in total. The molecule has 112 valence electrons. The van der Waals surface area contributed by atoms with E-state index >= 15 is 0 Å². The van der Waals surface area contributed by atoms with Gasteiger partial charge in [-0.3, -0.25) is 4.90 Å². The van der Waals surface area contributed by atoms with Crippen LogP contribution in [-0.4, -0.2) is 44.6 Å². The molecule has 1 rings (SSSR count). The van der Waals surface area contributed by atoms with E-state index in [1.165, 1.54) is 0 Å². The molecule has 0 aromatic heterocycles. The van der Waals surface area contributed by atoms with Crippen LogP contribution in [0.1, 0.15) is 6.42 Å². The Bertz CT molecular complexity index is 452. The first-order valence-electron chi connectivity index (χ1n) is 4.89. The summed E-state index contributed by atoms with van der Waals surface area (Å²) in [6, 6.07) is 0. The fraction of sp³-hybridized carbons (Fsp3) is 0.750. The fourth-order valence-electron chi connectivity index (χ4n) is 1.35. The van der Waals surface area contributed by atoms with Crippen LogP contribution in [-0.2, 0) is 14.3 Å². The number of hydrogen-bond acceptors (Lipinski definition) is 4. The third kappa shape index (κ3) is 4.90. The summed E-state index contributed by atoms with van der Waals surface area (Å²) in [5, 5.41) is 0. The molecule has 19 heavy (non-hydrogen) atoms. The summed E-state index contributed by atoms with van der Waals surface area (Å²) in [6.07, 6.45) is -3.88. The lowest BCUT2D eigenvalue weighted by Gasteiger charge is -2.26. The maximum Gasteiger partial charge on any atom is 0.534 e. The number of halogens is 6. The Balaban J connectivity index is 2.62. The van der Waals surface area contributed by atoms with Gasteiger partial charge >= 0.3 is 21.8 Å². The summed E-state index contributed by atoms with van der Waals surface area (Å²) in [5.41, 5.74) is -5.56. The lowest BCUT2D eigenvalue weighted by Crippen LogP contribution is -2.38. The minimum Gasteiger partial charge on any atom is -0.381 e. The van der Waals surface area contributed by atoms with E-state index in [1.807, 2.05) is 0 Å². The molecule has 1 aliphatic heterocycles. The van der Waals surface area contributed by atoms with Crippen LogP contribution < -0.4 is 0 Å². The molecular formula is C8H9F6NO3S. The second-order valence-electron chi connectivity index (χ2n) is 3.75. The van der Waals surface area contributed by atoms with Crippen molar-refractivity contribution in [2.45, 2.75) is 18.1 Å². The molecule has 1 aliphatic rings. The molecule has 0 aliphatic carbocycles. The van der Waals surface area contributed by atoms with Crippen molar-refractivity contribution in [2.24, 2.45) is 0 Å². The van der Waals surface area contributed by atoms with E-state index in [2.05, 4.69) is 4.18 Å². The van der Waals surface area contributed by atoms with Crippen molar-refractivity contribution in [3.63, 3.8) is 0 Å². The van der Waals surface area contributed by atoms with E-state index < -0.39 is 34.1 Å². The van der Waals surface area contributed by atoms with E-state index in [-0.39, 0.29) is 19.5 Å². The second kappa shape index (κ2) is 5.19. The average molecular weight is 313 g/mol. The van der Waals surface area contributed by atoms with Gasteiger partial charge in [0.05, 0.1) is 6.54 Å². The molecule has 0 unspecified atom stereocenters. The predicted molar refractivity (Wildman–Crippen MR) is 51.3 cm³/mol. The molecule has 0 spiro atoms. The normalized spacial score (nSPS) is 19.2. The summed E-state index contributed by atoms with van der Waals surface area (Å²) in [4.78, 5) is 0.910. The van der Waals surface area contributed by atoms with Gasteiger partial charge in [0.25, 0.3) is 0 Å². The van der Waals surface area contributed by atoms with Gasteiger partial charge in [-0.25, -0.2) is 0 Å². The van der Waals surface area contributed by atoms with E-state index in [0.717, 1.165) is 11.0 Å². The molecule has 0 atom stereocenters. The van der Waals surface area contributed by atoms with Gasteiger partial charge in [-0.15, -0.1) is 0 Å². The second-order valence-corrected chi connectivity index (χ2v) is 5.29. The van der Waals surface area contributed by atoms with Crippen LogP contribution >= 0.6 is 0 Å². The molecule has 11 heteroatoms. The molecule has 0 N–H and O–H groups in total. The zero-order valence-electron chi connectivity index (χ0n) is 9.25. The van der Waals surface area contributed by atoms with E-state index in [1.54, 1.807) is 0 Å². The summed E-state index contributed by atoms with van der Waals surface area (Å²) in [5.74, 6) is -0.504. The van der Waals surface area contributed by atoms with Crippen molar-refractivity contribution >= 4 is 10.1 Å². The van der Waals surface area contributed by atoms with E-state index in [9.17, 15) is 34.8 Å². The highest BCUT2D eigenvalue weighted by Gasteiger charge is 2.49. The summed E-state index contributed by atoms with van der Waals surface area (Å²) < 4.78 is 97.2.